The van der Waals surface area contributed by atoms with Gasteiger partial charge in [-0.3, -0.25) is 9.65 Å². The van der Waals surface area contributed by atoms with Crippen molar-refractivity contribution in [1.82, 2.24) is 5.09 Å². The maximum absolute atomic E-state index is 13.8. The highest BCUT2D eigenvalue weighted by molar-refractivity contribution is 7.68. The fourth-order valence-corrected chi connectivity index (χ4v) is 5.43. The van der Waals surface area contributed by atoms with Crippen LogP contribution in [0.2, 0.25) is 0 Å². The number of hydrogen-bond donors (Lipinski definition) is 1. The first-order valence-corrected chi connectivity index (χ1v) is 12.6. The fourth-order valence-electron chi connectivity index (χ4n) is 3.53. The molecular formula is C25H32NO2P. The van der Waals surface area contributed by atoms with Crippen LogP contribution in [0, 0.1) is 5.92 Å². The minimum absolute atomic E-state index is 0.539. The van der Waals surface area contributed by atoms with Gasteiger partial charge in [0.2, 0.25) is 0 Å². The number of nitrogens with one attached hydrogen (secondary N) is 1. The van der Waals surface area contributed by atoms with Crippen molar-refractivity contribution in [3.05, 3.63) is 83.4 Å². The number of benzene rings is 2. The summed E-state index contributed by atoms with van der Waals surface area (Å²) in [6.07, 6.45) is 6.00. The number of ether oxygens (including phenoxy) is 1. The minimum atomic E-state index is -2.86. The van der Waals surface area contributed by atoms with E-state index in [4.69, 9.17) is 4.74 Å². The Morgan fingerprint density at radius 2 is 1.41 bits per heavy atom. The van der Waals surface area contributed by atoms with Gasteiger partial charge in [-0.15, -0.1) is 0 Å². The molecule has 3 rings (SSSR count). The number of hydrogen-bond acceptors (Lipinski definition) is 2. The maximum atomic E-state index is 13.8. The topological polar surface area (TPSA) is 38.3 Å². The molecule has 1 aliphatic heterocycles. The van der Waals surface area contributed by atoms with E-state index >= 15 is 0 Å². The van der Waals surface area contributed by atoms with Gasteiger partial charge in [0.05, 0.1) is 0 Å². The molecule has 1 atom stereocenters. The Kier molecular flexibility index (Phi) is 7.91. The number of rotatable bonds is 10. The van der Waals surface area contributed by atoms with Crippen molar-refractivity contribution < 1.29 is 9.30 Å². The Hall–Kier alpha value is -2.09. The van der Waals surface area contributed by atoms with E-state index < -0.39 is 7.29 Å². The van der Waals surface area contributed by atoms with Crippen molar-refractivity contribution in [1.29, 1.82) is 0 Å². The van der Waals surface area contributed by atoms with Crippen LogP contribution in [0.1, 0.15) is 57.1 Å². The van der Waals surface area contributed by atoms with Crippen molar-refractivity contribution in [2.45, 2.75) is 46.0 Å². The largest absolute Gasteiger partial charge is 0.456 e. The molecule has 1 N–H and O–H groups in total. The third-order valence-electron chi connectivity index (χ3n) is 5.37. The molecular weight excluding hydrogens is 377 g/mol. The van der Waals surface area contributed by atoms with Gasteiger partial charge in [0.25, 0.3) is 0 Å². The zero-order chi connectivity index (χ0) is 20.5. The molecule has 4 heteroatoms. The molecule has 1 aliphatic rings. The van der Waals surface area contributed by atoms with E-state index in [9.17, 15) is 4.57 Å². The highest BCUT2D eigenvalue weighted by Gasteiger charge is 2.27. The fraction of sp³-hybridized carbons (Fsp3) is 0.360. The molecule has 29 heavy (non-hydrogen) atoms. The van der Waals surface area contributed by atoms with E-state index in [0.29, 0.717) is 17.4 Å². The smallest absolute Gasteiger partial charge is 0.198 e. The Labute approximate surface area is 175 Å². The van der Waals surface area contributed by atoms with Gasteiger partial charge in [-0.2, -0.15) is 0 Å². The molecule has 1 heterocycles. The third-order valence-corrected chi connectivity index (χ3v) is 7.29. The molecule has 3 nitrogen and oxygen atoms in total. The SMILES string of the molecule is CCCCC[C@H](CC)CNP1(=O)C=C(c2ccccc2)OC(c2ccccc2)=C1. The average molecular weight is 410 g/mol. The molecule has 0 saturated carbocycles. The first-order valence-electron chi connectivity index (χ1n) is 10.7. The molecule has 2 aromatic carbocycles. The van der Waals surface area contributed by atoms with E-state index in [1.165, 1.54) is 25.7 Å². The molecule has 0 spiro atoms. The van der Waals surface area contributed by atoms with Gasteiger partial charge in [-0.1, -0.05) is 100 Å². The summed E-state index contributed by atoms with van der Waals surface area (Å²) in [6.45, 7) is 5.20. The van der Waals surface area contributed by atoms with E-state index in [-0.39, 0.29) is 0 Å². The summed E-state index contributed by atoms with van der Waals surface area (Å²) in [5.74, 6) is 5.42. The molecule has 0 radical (unpaired) electrons. The van der Waals surface area contributed by atoms with E-state index in [2.05, 4.69) is 18.9 Å². The standard InChI is InChI=1S/C25H32NO2P/c1-3-5-8-13-21(4-2)18-26-29(27)19-24(22-14-9-6-10-15-22)28-25(20-29)23-16-11-7-12-17-23/h6-7,9-12,14-17,19-21H,3-5,8,13,18H2,1-2H3,(H,26,27)/t21-/m0/s1. The van der Waals surface area contributed by atoms with Crippen molar-refractivity contribution in [3.63, 3.8) is 0 Å². The quantitative estimate of drug-likeness (QED) is 0.326. The molecule has 0 unspecified atom stereocenters. The van der Waals surface area contributed by atoms with Gasteiger partial charge in [0.15, 0.2) is 7.29 Å². The third kappa shape index (κ3) is 6.19. The molecule has 154 valence electrons. The normalized spacial score (nSPS) is 16.5. The van der Waals surface area contributed by atoms with Crippen molar-refractivity contribution in [3.8, 4) is 0 Å². The predicted molar refractivity (Wildman–Crippen MR) is 123 cm³/mol. The van der Waals surface area contributed by atoms with Gasteiger partial charge in [0, 0.05) is 29.3 Å². The van der Waals surface area contributed by atoms with E-state index in [0.717, 1.165) is 24.1 Å². The van der Waals surface area contributed by atoms with E-state index in [1.54, 1.807) is 11.6 Å². The molecule has 0 bridgehead atoms. The second kappa shape index (κ2) is 10.6. The Morgan fingerprint density at radius 3 is 1.90 bits per heavy atom. The van der Waals surface area contributed by atoms with Crippen molar-refractivity contribution in [2.24, 2.45) is 5.92 Å². The van der Waals surface area contributed by atoms with Crippen LogP contribution in [-0.2, 0) is 9.30 Å². The highest BCUT2D eigenvalue weighted by atomic mass is 31.2. The lowest BCUT2D eigenvalue weighted by atomic mass is 9.99. The Morgan fingerprint density at radius 1 is 0.862 bits per heavy atom. The molecule has 0 aliphatic carbocycles. The Balaban J connectivity index is 1.83. The van der Waals surface area contributed by atoms with Gasteiger partial charge in [-0.05, 0) is 12.3 Å². The lowest BCUT2D eigenvalue weighted by Gasteiger charge is -2.25. The van der Waals surface area contributed by atoms with Gasteiger partial charge < -0.3 is 4.74 Å². The molecule has 0 aromatic heterocycles. The molecule has 2 aromatic rings. The first kappa shape index (κ1) is 21.6. The summed E-state index contributed by atoms with van der Waals surface area (Å²) in [4.78, 5) is 0. The second-order valence-corrected chi connectivity index (χ2v) is 9.91. The first-order chi connectivity index (χ1) is 14.1. The summed E-state index contributed by atoms with van der Waals surface area (Å²) in [5, 5.41) is 3.40. The van der Waals surface area contributed by atoms with Crippen LogP contribution in [0.25, 0.3) is 11.5 Å². The summed E-state index contributed by atoms with van der Waals surface area (Å²) in [6, 6.07) is 19.8. The summed E-state index contributed by atoms with van der Waals surface area (Å²) in [7, 11) is -2.86. The zero-order valence-corrected chi connectivity index (χ0v) is 18.4. The van der Waals surface area contributed by atoms with Crippen LogP contribution in [0.3, 0.4) is 0 Å². The maximum Gasteiger partial charge on any atom is 0.198 e. The molecule has 0 fully saturated rings. The number of unbranched alkanes of at least 4 members (excludes halogenated alkanes) is 2. The zero-order valence-electron chi connectivity index (χ0n) is 17.5. The van der Waals surface area contributed by atoms with Crippen molar-refractivity contribution >= 4 is 18.8 Å². The summed E-state index contributed by atoms with van der Waals surface area (Å²) in [5.41, 5.74) is 1.87. The molecule has 0 saturated heterocycles. The van der Waals surface area contributed by atoms with Gasteiger partial charge in [0.1, 0.15) is 11.5 Å². The average Bonchev–Trinajstić information content (AvgIpc) is 2.77. The van der Waals surface area contributed by atoms with Crippen LogP contribution in [-0.4, -0.2) is 6.54 Å². The second-order valence-electron chi connectivity index (χ2n) is 7.66. The molecule has 0 amide bonds. The van der Waals surface area contributed by atoms with Crippen LogP contribution in [0.4, 0.5) is 0 Å². The lowest BCUT2D eigenvalue weighted by molar-refractivity contribution is 0.438. The van der Waals surface area contributed by atoms with Crippen LogP contribution in [0.5, 0.6) is 0 Å². The van der Waals surface area contributed by atoms with Crippen molar-refractivity contribution in [2.75, 3.05) is 6.54 Å². The minimum Gasteiger partial charge on any atom is -0.456 e. The lowest BCUT2D eigenvalue weighted by Crippen LogP contribution is -2.20. The van der Waals surface area contributed by atoms with Crippen LogP contribution in [0.15, 0.2) is 72.3 Å². The summed E-state index contributed by atoms with van der Waals surface area (Å²) < 4.78 is 20.0. The van der Waals surface area contributed by atoms with E-state index in [1.807, 2.05) is 60.7 Å². The Bertz CT molecular complexity index is 815. The predicted octanol–water partition coefficient (Wildman–Crippen LogP) is 7.49. The van der Waals surface area contributed by atoms with Crippen LogP contribution >= 0.6 is 7.29 Å². The highest BCUT2D eigenvalue weighted by Crippen LogP contribution is 2.53. The summed E-state index contributed by atoms with van der Waals surface area (Å²) >= 11 is 0. The monoisotopic (exact) mass is 409 g/mol. The van der Waals surface area contributed by atoms with Gasteiger partial charge >= 0.3 is 0 Å². The van der Waals surface area contributed by atoms with Gasteiger partial charge in [-0.25, -0.2) is 0 Å². The van der Waals surface area contributed by atoms with Crippen LogP contribution < -0.4 is 5.09 Å².